The van der Waals surface area contributed by atoms with E-state index in [0.717, 1.165) is 29.8 Å². The standard InChI is InChI=1S/C19H13F3N4O/c20-10-4-5-14(13(21)8-10)26-18-11-6-9(11)7-12(18)17(25-26)19(27)24-16-3-1-2-15(22)23-16/h1-5,8-9,11H,6-7H2,(H,23,24,27)/t9-,11-/m0/s1. The summed E-state index contributed by atoms with van der Waals surface area (Å²) in [5.41, 5.74) is 1.81. The maximum atomic E-state index is 14.3. The van der Waals surface area contributed by atoms with Crippen molar-refractivity contribution in [3.63, 3.8) is 0 Å². The smallest absolute Gasteiger partial charge is 0.277 e. The highest BCUT2D eigenvalue weighted by Gasteiger charge is 2.50. The molecule has 2 aromatic heterocycles. The summed E-state index contributed by atoms with van der Waals surface area (Å²) in [4.78, 5) is 16.3. The third-order valence-electron chi connectivity index (χ3n) is 5.07. The number of aromatic nitrogens is 3. The third-order valence-corrected chi connectivity index (χ3v) is 5.07. The normalized spacial score (nSPS) is 19.5. The van der Waals surface area contributed by atoms with Gasteiger partial charge in [-0.1, -0.05) is 6.07 Å². The number of amides is 1. The highest BCUT2D eigenvalue weighted by atomic mass is 19.1. The molecule has 8 heteroatoms. The lowest BCUT2D eigenvalue weighted by molar-refractivity contribution is 0.102. The lowest BCUT2D eigenvalue weighted by Gasteiger charge is -2.07. The van der Waals surface area contributed by atoms with Crippen LogP contribution in [0.3, 0.4) is 0 Å². The molecule has 1 saturated carbocycles. The average molecular weight is 370 g/mol. The summed E-state index contributed by atoms with van der Waals surface area (Å²) in [5.74, 6) is -1.95. The van der Waals surface area contributed by atoms with Gasteiger partial charge in [0.25, 0.3) is 5.91 Å². The van der Waals surface area contributed by atoms with Crippen molar-refractivity contribution in [2.45, 2.75) is 18.8 Å². The van der Waals surface area contributed by atoms with Crippen molar-refractivity contribution in [1.29, 1.82) is 0 Å². The fourth-order valence-electron chi connectivity index (χ4n) is 3.79. The van der Waals surface area contributed by atoms with E-state index >= 15 is 0 Å². The maximum Gasteiger partial charge on any atom is 0.277 e. The van der Waals surface area contributed by atoms with Crippen molar-refractivity contribution in [1.82, 2.24) is 14.8 Å². The molecule has 2 aliphatic rings. The van der Waals surface area contributed by atoms with E-state index in [0.29, 0.717) is 12.3 Å². The molecule has 2 aliphatic carbocycles. The van der Waals surface area contributed by atoms with E-state index in [1.54, 1.807) is 0 Å². The van der Waals surface area contributed by atoms with E-state index < -0.39 is 23.5 Å². The Kier molecular flexibility index (Phi) is 3.37. The van der Waals surface area contributed by atoms with Crippen molar-refractivity contribution in [3.05, 3.63) is 70.9 Å². The van der Waals surface area contributed by atoms with E-state index in [1.165, 1.54) is 28.9 Å². The van der Waals surface area contributed by atoms with Crippen LogP contribution >= 0.6 is 0 Å². The second kappa shape index (κ2) is 5.67. The summed E-state index contributed by atoms with van der Waals surface area (Å²) in [6.45, 7) is 0. The van der Waals surface area contributed by atoms with E-state index in [9.17, 15) is 18.0 Å². The zero-order valence-electron chi connectivity index (χ0n) is 13.9. The second-order valence-corrected chi connectivity index (χ2v) is 6.83. The van der Waals surface area contributed by atoms with Gasteiger partial charge < -0.3 is 5.32 Å². The number of nitrogens with one attached hydrogen (secondary N) is 1. The number of carbonyl (C=O) groups is 1. The van der Waals surface area contributed by atoms with Gasteiger partial charge in [0.05, 0.1) is 5.69 Å². The molecule has 136 valence electrons. The van der Waals surface area contributed by atoms with Crippen LogP contribution in [0.4, 0.5) is 19.0 Å². The van der Waals surface area contributed by atoms with Crippen LogP contribution in [0.15, 0.2) is 36.4 Å². The Morgan fingerprint density at radius 2 is 2.04 bits per heavy atom. The van der Waals surface area contributed by atoms with Gasteiger partial charge in [-0.15, -0.1) is 0 Å². The zero-order valence-corrected chi connectivity index (χ0v) is 13.9. The Hall–Kier alpha value is -3.16. The average Bonchev–Trinajstić information content (AvgIpc) is 3.12. The van der Waals surface area contributed by atoms with Gasteiger partial charge in [0.1, 0.15) is 17.3 Å². The van der Waals surface area contributed by atoms with Gasteiger partial charge in [-0.2, -0.15) is 9.49 Å². The van der Waals surface area contributed by atoms with Gasteiger partial charge in [-0.3, -0.25) is 4.79 Å². The largest absolute Gasteiger partial charge is 0.305 e. The minimum Gasteiger partial charge on any atom is -0.305 e. The predicted molar refractivity (Wildman–Crippen MR) is 90.2 cm³/mol. The van der Waals surface area contributed by atoms with Crippen LogP contribution in [-0.2, 0) is 6.42 Å². The number of nitrogens with zero attached hydrogens (tertiary/aromatic N) is 3. The number of anilines is 1. The molecule has 1 fully saturated rings. The summed E-state index contributed by atoms with van der Waals surface area (Å²) in [5, 5.41) is 6.84. The first-order valence-corrected chi connectivity index (χ1v) is 8.52. The molecule has 0 spiro atoms. The van der Waals surface area contributed by atoms with E-state index in [4.69, 9.17) is 0 Å². The van der Waals surface area contributed by atoms with E-state index in [2.05, 4.69) is 15.4 Å². The van der Waals surface area contributed by atoms with Gasteiger partial charge in [0.15, 0.2) is 11.5 Å². The summed E-state index contributed by atoms with van der Waals surface area (Å²) >= 11 is 0. The lowest BCUT2D eigenvalue weighted by Crippen LogP contribution is -2.16. The Bertz CT molecular complexity index is 1090. The molecule has 5 nitrogen and oxygen atoms in total. The number of hydrogen-bond acceptors (Lipinski definition) is 3. The van der Waals surface area contributed by atoms with Crippen molar-refractivity contribution >= 4 is 11.7 Å². The SMILES string of the molecule is O=C(Nc1cccc(F)n1)c1nn(-c2ccc(F)cc2F)c2c1C[C@@H]1C[C@H]21. The monoisotopic (exact) mass is 370 g/mol. The molecule has 0 radical (unpaired) electrons. The van der Waals surface area contributed by atoms with E-state index in [-0.39, 0.29) is 23.1 Å². The number of halogens is 3. The summed E-state index contributed by atoms with van der Waals surface area (Å²) < 4.78 is 42.2. The minimum atomic E-state index is -0.747. The molecular weight excluding hydrogens is 357 g/mol. The van der Waals surface area contributed by atoms with Crippen molar-refractivity contribution in [3.8, 4) is 5.69 Å². The number of pyridine rings is 1. The van der Waals surface area contributed by atoms with Crippen LogP contribution in [-0.4, -0.2) is 20.7 Å². The Morgan fingerprint density at radius 3 is 2.81 bits per heavy atom. The summed E-state index contributed by atoms with van der Waals surface area (Å²) in [6.07, 6.45) is 1.65. The van der Waals surface area contributed by atoms with Gasteiger partial charge in [-0.25, -0.2) is 18.4 Å². The van der Waals surface area contributed by atoms with Gasteiger partial charge >= 0.3 is 0 Å². The van der Waals surface area contributed by atoms with Crippen LogP contribution < -0.4 is 5.32 Å². The molecule has 0 aliphatic heterocycles. The van der Waals surface area contributed by atoms with Crippen LogP contribution in [0.25, 0.3) is 5.69 Å². The summed E-state index contributed by atoms with van der Waals surface area (Å²) in [6, 6.07) is 7.33. The minimum absolute atomic E-state index is 0.0689. The molecule has 3 aromatic rings. The molecule has 2 atom stereocenters. The number of carbonyl (C=O) groups excluding carboxylic acids is 1. The Balaban J connectivity index is 1.56. The van der Waals surface area contributed by atoms with Crippen LogP contribution in [0.5, 0.6) is 0 Å². The molecule has 5 rings (SSSR count). The molecule has 1 aromatic carbocycles. The van der Waals surface area contributed by atoms with Crippen LogP contribution in [0, 0.1) is 23.5 Å². The van der Waals surface area contributed by atoms with Gasteiger partial charge in [0.2, 0.25) is 5.95 Å². The summed E-state index contributed by atoms with van der Waals surface area (Å²) in [7, 11) is 0. The quantitative estimate of drug-likeness (QED) is 0.717. The first-order chi connectivity index (χ1) is 13.0. The number of fused-ring (bicyclic) bond motifs is 3. The molecule has 0 bridgehead atoms. The van der Waals surface area contributed by atoms with Crippen molar-refractivity contribution in [2.75, 3.05) is 5.32 Å². The number of benzene rings is 1. The second-order valence-electron chi connectivity index (χ2n) is 6.83. The molecule has 0 saturated heterocycles. The fourth-order valence-corrected chi connectivity index (χ4v) is 3.79. The molecule has 0 unspecified atom stereocenters. The van der Waals surface area contributed by atoms with Crippen LogP contribution in [0.1, 0.15) is 34.1 Å². The maximum absolute atomic E-state index is 14.3. The molecule has 1 N–H and O–H groups in total. The molecule has 1 amide bonds. The fraction of sp³-hybridized carbons (Fsp3) is 0.211. The Morgan fingerprint density at radius 1 is 1.19 bits per heavy atom. The van der Waals surface area contributed by atoms with Gasteiger partial charge in [0, 0.05) is 17.5 Å². The van der Waals surface area contributed by atoms with Gasteiger partial charge in [-0.05, 0) is 43.0 Å². The third kappa shape index (κ3) is 2.59. The highest BCUT2D eigenvalue weighted by molar-refractivity contribution is 6.03. The lowest BCUT2D eigenvalue weighted by atomic mass is 10.1. The molecular formula is C19H13F3N4O. The first kappa shape index (κ1) is 16.0. The topological polar surface area (TPSA) is 59.8 Å². The number of rotatable bonds is 3. The van der Waals surface area contributed by atoms with Crippen molar-refractivity contribution in [2.24, 2.45) is 5.92 Å². The molecule has 27 heavy (non-hydrogen) atoms. The van der Waals surface area contributed by atoms with E-state index in [1.807, 2.05) is 0 Å². The zero-order chi connectivity index (χ0) is 18.7. The van der Waals surface area contributed by atoms with Crippen LogP contribution in [0.2, 0.25) is 0 Å². The highest BCUT2D eigenvalue weighted by Crippen LogP contribution is 2.57. The molecule has 2 heterocycles. The first-order valence-electron chi connectivity index (χ1n) is 8.52. The predicted octanol–water partition coefficient (Wildman–Crippen LogP) is 3.60. The Labute approximate surface area is 151 Å². The number of hydrogen-bond donors (Lipinski definition) is 1. The van der Waals surface area contributed by atoms with Crippen molar-refractivity contribution < 1.29 is 18.0 Å².